The van der Waals surface area contributed by atoms with Gasteiger partial charge in [0.1, 0.15) is 10.7 Å². The van der Waals surface area contributed by atoms with Crippen LogP contribution in [0.1, 0.15) is 10.8 Å². The highest BCUT2D eigenvalue weighted by Crippen LogP contribution is 2.24. The number of hydrogen-bond donors (Lipinski definition) is 0. The smallest absolute Gasteiger partial charge is 0.151 e. The highest BCUT2D eigenvalue weighted by atomic mass is 35.5. The van der Waals surface area contributed by atoms with Gasteiger partial charge in [-0.2, -0.15) is 0 Å². The summed E-state index contributed by atoms with van der Waals surface area (Å²) >= 11 is 7.65. The zero-order valence-electron chi connectivity index (χ0n) is 13.6. The molecule has 0 aliphatic rings. The van der Waals surface area contributed by atoms with E-state index in [0.717, 1.165) is 34.1 Å². The van der Waals surface area contributed by atoms with Gasteiger partial charge >= 0.3 is 0 Å². The fourth-order valence-corrected chi connectivity index (χ4v) is 3.86. The summed E-state index contributed by atoms with van der Waals surface area (Å²) in [5.74, 6) is 0.827. The van der Waals surface area contributed by atoms with Crippen molar-refractivity contribution in [2.75, 3.05) is 7.05 Å². The first-order valence-electron chi connectivity index (χ1n) is 7.92. The number of nitrogens with zero attached hydrogens (tertiary/aromatic N) is 3. The second-order valence-corrected chi connectivity index (χ2v) is 7.48. The predicted molar refractivity (Wildman–Crippen MR) is 102 cm³/mol. The van der Waals surface area contributed by atoms with E-state index in [-0.39, 0.29) is 0 Å². The summed E-state index contributed by atoms with van der Waals surface area (Å²) < 4.78 is 6.69. The molecule has 2 aromatic heterocycles. The number of rotatable bonds is 5. The van der Waals surface area contributed by atoms with E-state index in [2.05, 4.69) is 28.2 Å². The van der Waals surface area contributed by atoms with Crippen LogP contribution in [-0.2, 0) is 13.1 Å². The third-order valence-corrected chi connectivity index (χ3v) is 5.14. The van der Waals surface area contributed by atoms with Crippen LogP contribution in [0.3, 0.4) is 0 Å². The van der Waals surface area contributed by atoms with Gasteiger partial charge in [0.15, 0.2) is 5.76 Å². The number of hydrogen-bond acceptors (Lipinski definition) is 5. The molecule has 0 saturated heterocycles. The molecule has 0 radical (unpaired) electrons. The Labute approximate surface area is 154 Å². The van der Waals surface area contributed by atoms with Gasteiger partial charge in [-0.05, 0) is 31.3 Å². The first kappa shape index (κ1) is 16.3. The molecule has 0 aliphatic carbocycles. The van der Waals surface area contributed by atoms with Gasteiger partial charge in [-0.15, -0.1) is 11.3 Å². The van der Waals surface area contributed by atoms with Crippen molar-refractivity contribution in [2.45, 2.75) is 13.1 Å². The first-order valence-corrected chi connectivity index (χ1v) is 9.11. The Morgan fingerprint density at radius 2 is 1.88 bits per heavy atom. The average Bonchev–Trinajstić information content (AvgIpc) is 3.21. The first-order chi connectivity index (χ1) is 12.2. The van der Waals surface area contributed by atoms with Crippen molar-refractivity contribution in [1.29, 1.82) is 0 Å². The monoisotopic (exact) mass is 369 g/mol. The number of benzene rings is 2. The summed E-state index contributed by atoms with van der Waals surface area (Å²) in [5, 5.41) is 5.96. The van der Waals surface area contributed by atoms with E-state index < -0.39 is 0 Å². The van der Waals surface area contributed by atoms with Gasteiger partial charge in [-0.1, -0.05) is 41.0 Å². The van der Waals surface area contributed by atoms with Crippen LogP contribution in [0.25, 0.3) is 21.5 Å². The third kappa shape index (κ3) is 3.74. The van der Waals surface area contributed by atoms with Crippen molar-refractivity contribution in [3.8, 4) is 11.3 Å². The topological polar surface area (TPSA) is 42.2 Å². The summed E-state index contributed by atoms with van der Waals surface area (Å²) in [6.45, 7) is 1.45. The number of aromatic nitrogens is 2. The zero-order chi connectivity index (χ0) is 17.2. The molecular weight excluding hydrogens is 354 g/mol. The Kier molecular flexibility index (Phi) is 4.53. The molecule has 0 bridgehead atoms. The zero-order valence-corrected chi connectivity index (χ0v) is 15.2. The molecule has 0 N–H and O–H groups in total. The second kappa shape index (κ2) is 6.96. The molecule has 0 saturated carbocycles. The van der Waals surface area contributed by atoms with Crippen LogP contribution in [0.4, 0.5) is 0 Å². The second-order valence-electron chi connectivity index (χ2n) is 5.93. The van der Waals surface area contributed by atoms with Gasteiger partial charge in [-0.25, -0.2) is 4.98 Å². The summed E-state index contributed by atoms with van der Waals surface area (Å²) in [7, 11) is 2.05. The van der Waals surface area contributed by atoms with E-state index >= 15 is 0 Å². The molecule has 25 heavy (non-hydrogen) atoms. The Bertz CT molecular complexity index is 960. The summed E-state index contributed by atoms with van der Waals surface area (Å²) in [4.78, 5) is 6.84. The van der Waals surface area contributed by atoms with Crippen LogP contribution in [-0.4, -0.2) is 22.1 Å². The summed E-state index contributed by atoms with van der Waals surface area (Å²) in [5.41, 5.74) is 2.87. The highest BCUT2D eigenvalue weighted by Gasteiger charge is 2.11. The van der Waals surface area contributed by atoms with E-state index in [4.69, 9.17) is 16.1 Å². The lowest BCUT2D eigenvalue weighted by atomic mass is 10.1. The molecular formula is C19H16ClN3OS. The largest absolute Gasteiger partial charge is 0.359 e. The number of para-hydroxylation sites is 1. The number of thiazole rings is 1. The van der Waals surface area contributed by atoms with Crippen LogP contribution in [0.15, 0.2) is 59.1 Å². The molecule has 2 heterocycles. The van der Waals surface area contributed by atoms with E-state index in [1.54, 1.807) is 11.3 Å². The molecule has 4 rings (SSSR count). The fraction of sp³-hybridized carbons (Fsp3) is 0.158. The third-order valence-electron chi connectivity index (χ3n) is 3.87. The van der Waals surface area contributed by atoms with Crippen LogP contribution >= 0.6 is 22.9 Å². The van der Waals surface area contributed by atoms with Gasteiger partial charge in [0.25, 0.3) is 0 Å². The van der Waals surface area contributed by atoms with Crippen LogP contribution < -0.4 is 0 Å². The van der Waals surface area contributed by atoms with Gasteiger partial charge in [-0.3, -0.25) is 4.90 Å². The number of halogens is 1. The van der Waals surface area contributed by atoms with Crippen LogP contribution in [0, 0.1) is 0 Å². The molecule has 4 nitrogen and oxygen atoms in total. The lowest BCUT2D eigenvalue weighted by Gasteiger charge is -2.12. The SMILES string of the molecule is CN(Cc1cc(-c2ccc(Cl)cc2)no1)Cc1nc2ccccc2s1. The van der Waals surface area contributed by atoms with Gasteiger partial charge in [0.05, 0.1) is 23.3 Å². The maximum absolute atomic E-state index is 5.92. The molecule has 126 valence electrons. The normalized spacial score (nSPS) is 11.5. The van der Waals surface area contributed by atoms with Crippen molar-refractivity contribution in [1.82, 2.24) is 15.0 Å². The maximum atomic E-state index is 5.92. The maximum Gasteiger partial charge on any atom is 0.151 e. The van der Waals surface area contributed by atoms with Gasteiger partial charge in [0.2, 0.25) is 0 Å². The lowest BCUT2D eigenvalue weighted by Crippen LogP contribution is -2.16. The van der Waals surface area contributed by atoms with Crippen LogP contribution in [0.5, 0.6) is 0 Å². The van der Waals surface area contributed by atoms with E-state index in [9.17, 15) is 0 Å². The minimum atomic E-state index is 0.677. The van der Waals surface area contributed by atoms with E-state index in [1.165, 1.54) is 4.70 Å². The van der Waals surface area contributed by atoms with Crippen molar-refractivity contribution in [3.63, 3.8) is 0 Å². The van der Waals surface area contributed by atoms with Crippen molar-refractivity contribution >= 4 is 33.2 Å². The minimum Gasteiger partial charge on any atom is -0.359 e. The van der Waals surface area contributed by atoms with Crippen LogP contribution in [0.2, 0.25) is 5.02 Å². The van der Waals surface area contributed by atoms with Crippen molar-refractivity contribution < 1.29 is 4.52 Å². The van der Waals surface area contributed by atoms with Gasteiger partial charge < -0.3 is 4.52 Å². The molecule has 6 heteroatoms. The fourth-order valence-electron chi connectivity index (χ4n) is 2.68. The molecule has 0 fully saturated rings. The molecule has 0 spiro atoms. The minimum absolute atomic E-state index is 0.677. The Morgan fingerprint density at radius 1 is 1.08 bits per heavy atom. The molecule has 0 aliphatic heterocycles. The number of fused-ring (bicyclic) bond motifs is 1. The van der Waals surface area contributed by atoms with E-state index in [1.807, 2.05) is 48.5 Å². The quantitative estimate of drug-likeness (QED) is 0.482. The average molecular weight is 370 g/mol. The molecule has 0 amide bonds. The Hall–Kier alpha value is -2.21. The standard InChI is InChI=1S/C19H16ClN3OS/c1-23(12-19-21-16-4-2-3-5-18(16)25-19)11-15-10-17(22-24-15)13-6-8-14(20)9-7-13/h2-10H,11-12H2,1H3. The van der Waals surface area contributed by atoms with Crippen molar-refractivity contribution in [2.24, 2.45) is 0 Å². The summed E-state index contributed by atoms with van der Waals surface area (Å²) in [6.07, 6.45) is 0. The molecule has 2 aromatic carbocycles. The molecule has 0 atom stereocenters. The predicted octanol–water partition coefficient (Wildman–Crippen LogP) is 5.24. The highest BCUT2D eigenvalue weighted by molar-refractivity contribution is 7.18. The van der Waals surface area contributed by atoms with Crippen molar-refractivity contribution in [3.05, 3.63) is 70.4 Å². The molecule has 0 unspecified atom stereocenters. The lowest BCUT2D eigenvalue weighted by molar-refractivity contribution is 0.267. The summed E-state index contributed by atoms with van der Waals surface area (Å²) in [6, 6.07) is 17.8. The Morgan fingerprint density at radius 3 is 2.68 bits per heavy atom. The van der Waals surface area contributed by atoms with E-state index in [0.29, 0.717) is 11.6 Å². The Balaban J connectivity index is 1.44. The molecule has 4 aromatic rings. The van der Waals surface area contributed by atoms with Gasteiger partial charge in [0, 0.05) is 16.7 Å².